The van der Waals surface area contributed by atoms with Crippen LogP contribution in [0.2, 0.25) is 0 Å². The fourth-order valence-electron chi connectivity index (χ4n) is 5.88. The maximum atomic E-state index is 13.6. The molecular formula is C23H24O6. The van der Waals surface area contributed by atoms with Gasteiger partial charge in [0.05, 0.1) is 5.60 Å². The van der Waals surface area contributed by atoms with Crippen molar-refractivity contribution in [2.24, 2.45) is 11.8 Å². The van der Waals surface area contributed by atoms with Gasteiger partial charge in [-0.3, -0.25) is 9.59 Å². The van der Waals surface area contributed by atoms with Gasteiger partial charge in [-0.15, -0.1) is 0 Å². The normalized spacial score (nSPS) is 35.5. The van der Waals surface area contributed by atoms with Gasteiger partial charge in [0.25, 0.3) is 0 Å². The summed E-state index contributed by atoms with van der Waals surface area (Å²) >= 11 is 0. The molecule has 1 saturated carbocycles. The minimum atomic E-state index is -1.32. The Morgan fingerprint density at radius 1 is 1.24 bits per heavy atom. The van der Waals surface area contributed by atoms with Crippen LogP contribution in [0.25, 0.3) is 0 Å². The summed E-state index contributed by atoms with van der Waals surface area (Å²) in [5.41, 5.74) is -1.83. The molecule has 0 amide bonds. The first-order chi connectivity index (χ1) is 13.5. The van der Waals surface area contributed by atoms with E-state index in [2.05, 4.69) is 0 Å². The lowest BCUT2D eigenvalue weighted by Crippen LogP contribution is -2.72. The monoisotopic (exact) mass is 396 g/mol. The van der Waals surface area contributed by atoms with E-state index in [9.17, 15) is 19.8 Å². The maximum Gasteiger partial charge on any atom is 0.200 e. The second-order valence-corrected chi connectivity index (χ2v) is 9.36. The van der Waals surface area contributed by atoms with Gasteiger partial charge in [0.15, 0.2) is 22.8 Å². The molecule has 4 bridgehead atoms. The van der Waals surface area contributed by atoms with Crippen molar-refractivity contribution in [2.45, 2.75) is 57.3 Å². The van der Waals surface area contributed by atoms with Gasteiger partial charge in [-0.2, -0.15) is 0 Å². The van der Waals surface area contributed by atoms with Crippen molar-refractivity contribution < 1.29 is 29.3 Å². The van der Waals surface area contributed by atoms with Gasteiger partial charge in [0.1, 0.15) is 22.8 Å². The average molecular weight is 396 g/mol. The second kappa shape index (κ2) is 5.30. The molecule has 2 heterocycles. The van der Waals surface area contributed by atoms with Crippen molar-refractivity contribution in [2.75, 3.05) is 0 Å². The number of rotatable bonds is 2. The molecule has 6 nitrogen and oxygen atoms in total. The lowest BCUT2D eigenvalue weighted by molar-refractivity contribution is -0.171. The van der Waals surface area contributed by atoms with Crippen LogP contribution in [0.15, 0.2) is 35.4 Å². The fraction of sp³-hybridized carbons (Fsp3) is 0.478. The first-order valence-corrected chi connectivity index (χ1v) is 9.93. The SMILES string of the molecule is CC(C)=CC[C@]12OC(C)(C)[C@@H]3C[C@@H](C=C4C(=O)c5c(O)cc(O)cc5O[C@@]431)C2=O. The molecule has 29 heavy (non-hydrogen) atoms. The van der Waals surface area contributed by atoms with E-state index in [0.717, 1.165) is 11.6 Å². The smallest absolute Gasteiger partial charge is 0.200 e. The fourth-order valence-corrected chi connectivity index (χ4v) is 5.88. The number of hydrogen-bond acceptors (Lipinski definition) is 6. The van der Waals surface area contributed by atoms with E-state index in [0.29, 0.717) is 18.4 Å². The van der Waals surface area contributed by atoms with E-state index in [1.54, 1.807) is 6.08 Å². The zero-order valence-corrected chi connectivity index (χ0v) is 16.9. The van der Waals surface area contributed by atoms with Gasteiger partial charge in [0.2, 0.25) is 0 Å². The highest BCUT2D eigenvalue weighted by Gasteiger charge is 2.81. The highest BCUT2D eigenvalue weighted by molar-refractivity contribution is 6.18. The zero-order chi connectivity index (χ0) is 20.9. The highest BCUT2D eigenvalue weighted by atomic mass is 16.6. The molecule has 3 aliphatic carbocycles. The standard InChI is InChI=1S/C23H24O6/c1-11(2)5-6-22-20(27)12-7-14-19(26)18-15(25)9-13(24)10-16(18)28-23(14,22)17(8-12)21(3,4)29-22/h5,7,9-10,12,17,24-25H,6,8H2,1-4H3/t12-,17+,22-,23+/m1/s1. The Hall–Kier alpha value is -2.60. The molecule has 4 atom stereocenters. The largest absolute Gasteiger partial charge is 0.508 e. The average Bonchev–Trinajstić information content (AvgIpc) is 2.77. The number of carbonyl (C=O) groups excluding carboxylic acids is 2. The van der Waals surface area contributed by atoms with Crippen LogP contribution in [0.5, 0.6) is 17.2 Å². The molecule has 1 saturated heterocycles. The molecular weight excluding hydrogens is 372 g/mol. The molecule has 2 aliphatic heterocycles. The van der Waals surface area contributed by atoms with Gasteiger partial charge in [-0.1, -0.05) is 17.7 Å². The molecule has 2 fully saturated rings. The van der Waals surface area contributed by atoms with E-state index in [1.807, 2.05) is 33.8 Å². The van der Waals surface area contributed by atoms with Crippen LogP contribution in [-0.2, 0) is 9.53 Å². The van der Waals surface area contributed by atoms with Crippen LogP contribution in [0.3, 0.4) is 0 Å². The Bertz CT molecular complexity index is 1040. The lowest BCUT2D eigenvalue weighted by Gasteiger charge is -2.56. The molecule has 5 aliphatic rings. The van der Waals surface area contributed by atoms with E-state index in [-0.39, 0.29) is 40.3 Å². The van der Waals surface area contributed by atoms with Crippen molar-refractivity contribution in [1.82, 2.24) is 0 Å². The van der Waals surface area contributed by atoms with E-state index in [1.165, 1.54) is 6.07 Å². The van der Waals surface area contributed by atoms with E-state index in [4.69, 9.17) is 9.47 Å². The summed E-state index contributed by atoms with van der Waals surface area (Å²) < 4.78 is 13.0. The quantitative estimate of drug-likeness (QED) is 0.744. The molecule has 6 heteroatoms. The summed E-state index contributed by atoms with van der Waals surface area (Å²) in [4.78, 5) is 27.1. The van der Waals surface area contributed by atoms with Gasteiger partial charge in [-0.25, -0.2) is 0 Å². The van der Waals surface area contributed by atoms with Crippen LogP contribution in [0, 0.1) is 11.8 Å². The molecule has 6 rings (SSSR count). The van der Waals surface area contributed by atoms with E-state index >= 15 is 0 Å². The number of carbonyl (C=O) groups is 2. The summed E-state index contributed by atoms with van der Waals surface area (Å²) in [5.74, 6) is -1.53. The van der Waals surface area contributed by atoms with Gasteiger partial charge in [-0.05, 0) is 34.1 Å². The van der Waals surface area contributed by atoms with Crippen LogP contribution in [-0.4, -0.2) is 38.6 Å². The predicted molar refractivity (Wildman–Crippen MR) is 104 cm³/mol. The minimum absolute atomic E-state index is 0.0224. The third-order valence-corrected chi connectivity index (χ3v) is 6.97. The van der Waals surface area contributed by atoms with Crippen molar-refractivity contribution in [1.29, 1.82) is 0 Å². The number of Topliss-reactive ketones (excluding diaryl/α,β-unsaturated/α-hetero) is 2. The maximum absolute atomic E-state index is 13.6. The van der Waals surface area contributed by atoms with Crippen LogP contribution in [0.4, 0.5) is 0 Å². The Balaban J connectivity index is 1.82. The highest BCUT2D eigenvalue weighted by Crippen LogP contribution is 2.67. The Morgan fingerprint density at radius 3 is 2.66 bits per heavy atom. The number of benzene rings is 1. The van der Waals surface area contributed by atoms with Crippen molar-refractivity contribution >= 4 is 11.6 Å². The van der Waals surface area contributed by atoms with Crippen molar-refractivity contribution in [3.63, 3.8) is 0 Å². The first-order valence-electron chi connectivity index (χ1n) is 9.93. The van der Waals surface area contributed by atoms with Gasteiger partial charge >= 0.3 is 0 Å². The van der Waals surface area contributed by atoms with Gasteiger partial charge in [0, 0.05) is 36.0 Å². The number of hydrogen-bond donors (Lipinski definition) is 2. The Morgan fingerprint density at radius 2 is 1.97 bits per heavy atom. The van der Waals surface area contributed by atoms with Crippen molar-refractivity contribution in [3.8, 4) is 17.2 Å². The Labute approximate surface area is 168 Å². The number of allylic oxidation sites excluding steroid dienone is 2. The number of phenols is 2. The van der Waals surface area contributed by atoms with Crippen LogP contribution < -0.4 is 4.74 Å². The summed E-state index contributed by atoms with van der Waals surface area (Å²) in [6.07, 6.45) is 4.50. The summed E-state index contributed by atoms with van der Waals surface area (Å²) in [7, 11) is 0. The first kappa shape index (κ1) is 18.4. The summed E-state index contributed by atoms with van der Waals surface area (Å²) in [6.45, 7) is 7.77. The summed E-state index contributed by atoms with van der Waals surface area (Å²) in [5, 5.41) is 20.3. The lowest BCUT2D eigenvalue weighted by atomic mass is 9.51. The second-order valence-electron chi connectivity index (χ2n) is 9.36. The zero-order valence-electron chi connectivity index (χ0n) is 16.9. The molecule has 2 N–H and O–H groups in total. The molecule has 1 aromatic carbocycles. The number of ether oxygens (including phenoxy) is 2. The number of aromatic hydroxyl groups is 2. The third-order valence-electron chi connectivity index (χ3n) is 6.97. The predicted octanol–water partition coefficient (Wildman–Crippen LogP) is 3.46. The van der Waals surface area contributed by atoms with Gasteiger partial charge < -0.3 is 19.7 Å². The van der Waals surface area contributed by atoms with E-state index < -0.39 is 22.7 Å². The Kier molecular flexibility index (Phi) is 3.37. The number of phenolic OH excluding ortho intramolecular Hbond substituents is 2. The molecule has 0 aromatic heterocycles. The third kappa shape index (κ3) is 2.00. The molecule has 152 valence electrons. The van der Waals surface area contributed by atoms with Crippen LogP contribution in [0.1, 0.15) is 50.9 Å². The number of fused-ring (bicyclic) bond motifs is 1. The summed E-state index contributed by atoms with van der Waals surface area (Å²) in [6, 6.07) is 2.45. The molecule has 1 aromatic rings. The molecule has 0 unspecified atom stereocenters. The molecule has 0 radical (unpaired) electrons. The molecule has 1 spiro atoms. The minimum Gasteiger partial charge on any atom is -0.508 e. The topological polar surface area (TPSA) is 93.1 Å². The van der Waals surface area contributed by atoms with Crippen LogP contribution >= 0.6 is 0 Å². The van der Waals surface area contributed by atoms with Crippen molar-refractivity contribution in [3.05, 3.63) is 41.0 Å². The number of ketones is 2.